The summed E-state index contributed by atoms with van der Waals surface area (Å²) in [6, 6.07) is 7.63. The monoisotopic (exact) mass is 474 g/mol. The quantitative estimate of drug-likeness (QED) is 0.536. The molecule has 0 radical (unpaired) electrons. The van der Waals surface area contributed by atoms with Crippen molar-refractivity contribution in [2.45, 2.75) is 44.0 Å². The van der Waals surface area contributed by atoms with Crippen LogP contribution in [0.5, 0.6) is 0 Å². The average Bonchev–Trinajstić information content (AvgIpc) is 3.57. The lowest BCUT2D eigenvalue weighted by atomic mass is 9.93. The summed E-state index contributed by atoms with van der Waals surface area (Å²) in [4.78, 5) is 27.9. The van der Waals surface area contributed by atoms with E-state index in [0.29, 0.717) is 23.2 Å². The number of aliphatic hydroxyl groups excluding tert-OH is 1. The van der Waals surface area contributed by atoms with E-state index < -0.39 is 15.9 Å². The van der Waals surface area contributed by atoms with Gasteiger partial charge in [-0.1, -0.05) is 0 Å². The van der Waals surface area contributed by atoms with Gasteiger partial charge in [-0.3, -0.25) is 9.59 Å². The van der Waals surface area contributed by atoms with Crippen LogP contribution in [0.15, 0.2) is 46.2 Å². The molecule has 4 rings (SSSR count). The number of anilines is 2. The molecule has 3 N–H and O–H groups in total. The number of sulfonamides is 1. The molecule has 1 amide bonds. The van der Waals surface area contributed by atoms with Crippen LogP contribution in [0.4, 0.5) is 11.4 Å². The molecule has 0 bridgehead atoms. The second kappa shape index (κ2) is 9.28. The summed E-state index contributed by atoms with van der Waals surface area (Å²) >= 11 is 0. The van der Waals surface area contributed by atoms with Gasteiger partial charge in [0.2, 0.25) is 10.0 Å². The molecule has 2 aromatic rings. The van der Waals surface area contributed by atoms with Crippen molar-refractivity contribution in [2.24, 2.45) is 5.41 Å². The highest BCUT2D eigenvalue weighted by atomic mass is 32.2. The first-order valence-corrected chi connectivity index (χ1v) is 12.8. The smallest absolute Gasteiger partial charge is 0.274 e. The van der Waals surface area contributed by atoms with Gasteiger partial charge in [0.15, 0.2) is 0 Å². The topological polar surface area (TPSA) is 121 Å². The molecule has 1 spiro atoms. The van der Waals surface area contributed by atoms with E-state index in [4.69, 9.17) is 5.11 Å². The van der Waals surface area contributed by atoms with Gasteiger partial charge >= 0.3 is 0 Å². The van der Waals surface area contributed by atoms with E-state index >= 15 is 0 Å². The lowest BCUT2D eigenvalue weighted by Gasteiger charge is -2.35. The van der Waals surface area contributed by atoms with E-state index in [1.165, 1.54) is 35.6 Å². The number of pyridine rings is 1. The first kappa shape index (κ1) is 23.5. The number of piperidine rings is 1. The molecular weight excluding hydrogens is 444 g/mol. The standard InChI is InChI=1S/C23H30N4O5S/c1-2-26-12-3-4-19(22(26)30)25-21(29)18-6-5-17(33(31,32)24-11-15-28)16-20(18)27-13-9-23(7-8-23)10-14-27/h3-6,12,16,24,28H,2,7-11,13-15H2,1H3,(H,25,29). The molecule has 1 aliphatic heterocycles. The number of carbonyl (C=O) groups excluding carboxylic acids is 1. The molecule has 2 aliphatic rings. The predicted molar refractivity (Wildman–Crippen MR) is 126 cm³/mol. The van der Waals surface area contributed by atoms with Gasteiger partial charge in [-0.2, -0.15) is 0 Å². The SMILES string of the molecule is CCn1cccc(NC(=O)c2ccc(S(=O)(=O)NCCO)cc2N2CCC3(CC2)CC3)c1=O. The van der Waals surface area contributed by atoms with Crippen LogP contribution in [0.25, 0.3) is 0 Å². The molecule has 2 heterocycles. The number of aromatic nitrogens is 1. The van der Waals surface area contributed by atoms with E-state index in [9.17, 15) is 18.0 Å². The number of hydrogen-bond acceptors (Lipinski definition) is 6. The summed E-state index contributed by atoms with van der Waals surface area (Å²) in [5.41, 5.74) is 1.14. The Morgan fingerprint density at radius 1 is 1.15 bits per heavy atom. The maximum Gasteiger partial charge on any atom is 0.274 e. The lowest BCUT2D eigenvalue weighted by molar-refractivity contribution is 0.102. The fourth-order valence-electron chi connectivity index (χ4n) is 4.36. The normalized spacial score (nSPS) is 17.2. The van der Waals surface area contributed by atoms with Crippen LogP contribution in [-0.2, 0) is 16.6 Å². The van der Waals surface area contributed by atoms with E-state index in [1.54, 1.807) is 18.3 Å². The lowest BCUT2D eigenvalue weighted by Crippen LogP contribution is -2.36. The van der Waals surface area contributed by atoms with Crippen LogP contribution in [0.1, 0.15) is 43.0 Å². The van der Waals surface area contributed by atoms with E-state index in [2.05, 4.69) is 14.9 Å². The Morgan fingerprint density at radius 2 is 1.88 bits per heavy atom. The number of nitrogens with zero attached hydrogens (tertiary/aromatic N) is 2. The average molecular weight is 475 g/mol. The number of carbonyl (C=O) groups is 1. The van der Waals surface area contributed by atoms with Crippen molar-refractivity contribution in [3.8, 4) is 0 Å². The van der Waals surface area contributed by atoms with Crippen molar-refractivity contribution in [1.82, 2.24) is 9.29 Å². The third-order valence-electron chi connectivity index (χ3n) is 6.66. The van der Waals surface area contributed by atoms with Gasteiger partial charge in [0, 0.05) is 32.4 Å². The highest BCUT2D eigenvalue weighted by Crippen LogP contribution is 2.54. The summed E-state index contributed by atoms with van der Waals surface area (Å²) in [7, 11) is -3.83. The fourth-order valence-corrected chi connectivity index (χ4v) is 5.41. The third-order valence-corrected chi connectivity index (χ3v) is 8.12. The maximum absolute atomic E-state index is 13.2. The van der Waals surface area contributed by atoms with Crippen LogP contribution in [0, 0.1) is 5.41 Å². The molecule has 1 saturated heterocycles. The first-order valence-electron chi connectivity index (χ1n) is 11.3. The van der Waals surface area contributed by atoms with Gasteiger partial charge in [0.05, 0.1) is 22.8 Å². The molecule has 1 aromatic heterocycles. The third kappa shape index (κ3) is 4.97. The zero-order valence-electron chi connectivity index (χ0n) is 18.7. The zero-order valence-corrected chi connectivity index (χ0v) is 19.5. The van der Waals surface area contributed by atoms with Crippen molar-refractivity contribution in [3.05, 3.63) is 52.4 Å². The Kier molecular flexibility index (Phi) is 6.60. The zero-order chi connectivity index (χ0) is 23.6. The molecule has 1 aromatic carbocycles. The minimum atomic E-state index is -3.83. The number of aliphatic hydroxyl groups is 1. The van der Waals surface area contributed by atoms with Gasteiger partial charge < -0.3 is 19.9 Å². The summed E-state index contributed by atoms with van der Waals surface area (Å²) < 4.78 is 29.1. The number of aryl methyl sites for hydroxylation is 1. The van der Waals surface area contributed by atoms with E-state index in [0.717, 1.165) is 25.9 Å². The largest absolute Gasteiger partial charge is 0.395 e. The van der Waals surface area contributed by atoms with Crippen LogP contribution >= 0.6 is 0 Å². The van der Waals surface area contributed by atoms with Crippen LogP contribution in [0.3, 0.4) is 0 Å². The van der Waals surface area contributed by atoms with Gasteiger partial charge in [-0.15, -0.1) is 0 Å². The Hall–Kier alpha value is -2.69. The van der Waals surface area contributed by atoms with Gasteiger partial charge in [0.1, 0.15) is 5.69 Å². The minimum Gasteiger partial charge on any atom is -0.395 e. The Balaban J connectivity index is 1.67. The predicted octanol–water partition coefficient (Wildman–Crippen LogP) is 1.77. The molecule has 1 saturated carbocycles. The van der Waals surface area contributed by atoms with E-state index in [1.807, 2.05) is 6.92 Å². The molecule has 0 atom stereocenters. The van der Waals surface area contributed by atoms with Crippen LogP contribution < -0.4 is 20.5 Å². The minimum absolute atomic E-state index is 0.0299. The van der Waals surface area contributed by atoms with Gasteiger partial charge in [-0.25, -0.2) is 13.1 Å². The number of benzene rings is 1. The summed E-state index contributed by atoms with van der Waals surface area (Å²) in [5, 5.41) is 11.7. The van der Waals surface area contributed by atoms with Crippen molar-refractivity contribution in [2.75, 3.05) is 36.5 Å². The molecule has 33 heavy (non-hydrogen) atoms. The van der Waals surface area contributed by atoms with Gasteiger partial charge in [-0.05, 0) is 68.4 Å². The summed E-state index contributed by atoms with van der Waals surface area (Å²) in [6.45, 7) is 3.40. The molecule has 10 heteroatoms. The molecule has 0 unspecified atom stereocenters. The summed E-state index contributed by atoms with van der Waals surface area (Å²) in [5.74, 6) is -0.463. The molecule has 2 fully saturated rings. The molecule has 178 valence electrons. The molecule has 1 aliphatic carbocycles. The Labute approximate surface area is 193 Å². The number of rotatable bonds is 8. The Bertz CT molecular complexity index is 1190. The molecular formula is C23H30N4O5S. The highest BCUT2D eigenvalue weighted by molar-refractivity contribution is 7.89. The van der Waals surface area contributed by atoms with Gasteiger partial charge in [0.25, 0.3) is 11.5 Å². The number of nitrogens with one attached hydrogen (secondary N) is 2. The maximum atomic E-state index is 13.2. The number of amides is 1. The fraction of sp³-hybridized carbons (Fsp3) is 0.478. The van der Waals surface area contributed by atoms with Crippen molar-refractivity contribution in [1.29, 1.82) is 0 Å². The highest BCUT2D eigenvalue weighted by Gasteiger charge is 2.44. The second-order valence-corrected chi connectivity index (χ2v) is 10.5. The van der Waals surface area contributed by atoms with Crippen molar-refractivity contribution >= 4 is 27.3 Å². The molecule has 9 nitrogen and oxygen atoms in total. The second-order valence-electron chi connectivity index (χ2n) is 8.75. The van der Waals surface area contributed by atoms with Crippen LogP contribution in [0.2, 0.25) is 0 Å². The van der Waals surface area contributed by atoms with E-state index in [-0.39, 0.29) is 29.3 Å². The number of hydrogen-bond donors (Lipinski definition) is 3. The summed E-state index contributed by atoms with van der Waals surface area (Å²) in [6.07, 6.45) is 6.13. The first-order chi connectivity index (χ1) is 15.8. The Morgan fingerprint density at radius 3 is 2.52 bits per heavy atom. The van der Waals surface area contributed by atoms with Crippen LogP contribution in [-0.4, -0.2) is 50.2 Å². The van der Waals surface area contributed by atoms with Crippen molar-refractivity contribution < 1.29 is 18.3 Å². The van der Waals surface area contributed by atoms with Crippen molar-refractivity contribution in [3.63, 3.8) is 0 Å².